The first-order valence-electron chi connectivity index (χ1n) is 8.60. The van der Waals surface area contributed by atoms with Crippen molar-refractivity contribution in [1.29, 1.82) is 0 Å². The van der Waals surface area contributed by atoms with Crippen molar-refractivity contribution in [1.82, 2.24) is 9.55 Å². The lowest BCUT2D eigenvalue weighted by Crippen LogP contribution is -2.38. The van der Waals surface area contributed by atoms with E-state index in [0.717, 1.165) is 34.6 Å². The molecule has 1 heterocycles. The Morgan fingerprint density at radius 1 is 1.35 bits per heavy atom. The summed E-state index contributed by atoms with van der Waals surface area (Å²) in [5, 5.41) is 0.702. The van der Waals surface area contributed by atoms with Crippen LogP contribution in [0.4, 0.5) is 0 Å². The van der Waals surface area contributed by atoms with Crippen LogP contribution in [-0.2, 0) is 18.4 Å². The summed E-state index contributed by atoms with van der Waals surface area (Å²) in [5.41, 5.74) is 3.46. The fourth-order valence-electron chi connectivity index (χ4n) is 3.51. The van der Waals surface area contributed by atoms with Crippen molar-refractivity contribution < 1.29 is 4.74 Å². The second-order valence-corrected chi connectivity index (χ2v) is 7.99. The molecule has 0 amide bonds. The predicted molar refractivity (Wildman–Crippen MR) is 108 cm³/mol. The Labute approximate surface area is 158 Å². The highest BCUT2D eigenvalue weighted by Crippen LogP contribution is 2.42. The zero-order valence-corrected chi connectivity index (χ0v) is 16.4. The minimum absolute atomic E-state index is 0.0212. The zero-order valence-electron chi connectivity index (χ0n) is 15.5. The van der Waals surface area contributed by atoms with Crippen LogP contribution in [0.15, 0.2) is 53.5 Å². The van der Waals surface area contributed by atoms with Crippen LogP contribution in [-0.4, -0.2) is 22.4 Å². The van der Waals surface area contributed by atoms with Crippen LogP contribution in [0.5, 0.6) is 5.75 Å². The van der Waals surface area contributed by atoms with E-state index in [1.807, 2.05) is 24.3 Å². The molecule has 0 radical (unpaired) electrons. The van der Waals surface area contributed by atoms with Crippen molar-refractivity contribution in [2.75, 3.05) is 12.9 Å². The van der Waals surface area contributed by atoms with Crippen LogP contribution >= 0.6 is 11.8 Å². The summed E-state index contributed by atoms with van der Waals surface area (Å²) < 4.78 is 7.09. The number of hydrogen-bond acceptors (Lipinski definition) is 4. The minimum Gasteiger partial charge on any atom is -0.497 e. The van der Waals surface area contributed by atoms with E-state index >= 15 is 0 Å². The number of benzene rings is 1. The molecule has 0 saturated heterocycles. The van der Waals surface area contributed by atoms with Gasteiger partial charge in [-0.25, -0.2) is 4.98 Å². The Bertz CT molecular complexity index is 928. The summed E-state index contributed by atoms with van der Waals surface area (Å²) in [7, 11) is 1.67. The molecule has 1 aliphatic rings. The summed E-state index contributed by atoms with van der Waals surface area (Å²) in [6.07, 6.45) is 4.33. The van der Waals surface area contributed by atoms with Crippen molar-refractivity contribution in [3.63, 3.8) is 0 Å². The van der Waals surface area contributed by atoms with Gasteiger partial charge in [0.05, 0.1) is 12.8 Å². The molecular weight excluding hydrogens is 344 g/mol. The molecule has 0 bridgehead atoms. The van der Waals surface area contributed by atoms with E-state index in [4.69, 9.17) is 9.72 Å². The summed E-state index contributed by atoms with van der Waals surface area (Å²) in [6, 6.07) is 5.98. The Morgan fingerprint density at radius 2 is 2.12 bits per heavy atom. The molecule has 4 nitrogen and oxygen atoms in total. The van der Waals surface area contributed by atoms with Crippen molar-refractivity contribution in [2.45, 2.75) is 37.4 Å². The van der Waals surface area contributed by atoms with Gasteiger partial charge in [-0.1, -0.05) is 37.8 Å². The van der Waals surface area contributed by atoms with E-state index in [1.54, 1.807) is 17.8 Å². The molecule has 0 fully saturated rings. The lowest BCUT2D eigenvalue weighted by Gasteiger charge is -2.33. The van der Waals surface area contributed by atoms with Crippen LogP contribution in [0.1, 0.15) is 25.0 Å². The number of aromatic nitrogens is 2. The third-order valence-electron chi connectivity index (χ3n) is 4.65. The van der Waals surface area contributed by atoms with Gasteiger partial charge < -0.3 is 4.74 Å². The van der Waals surface area contributed by atoms with Crippen molar-refractivity contribution in [3.05, 3.63) is 65.0 Å². The van der Waals surface area contributed by atoms with E-state index in [-0.39, 0.29) is 11.0 Å². The van der Waals surface area contributed by atoms with E-state index in [1.165, 1.54) is 11.8 Å². The number of nitrogens with zero attached hydrogens (tertiary/aromatic N) is 2. The van der Waals surface area contributed by atoms with Gasteiger partial charge in [0.1, 0.15) is 5.75 Å². The molecule has 1 aromatic carbocycles. The molecule has 136 valence electrons. The Kier molecular flexibility index (Phi) is 5.10. The fourth-order valence-corrected chi connectivity index (χ4v) is 4.25. The minimum atomic E-state index is -0.302. The molecular formula is C21H24N2O2S. The van der Waals surface area contributed by atoms with Crippen LogP contribution in [0.2, 0.25) is 0 Å². The number of thioether (sulfide) groups is 1. The molecule has 0 atom stereocenters. The highest BCUT2D eigenvalue weighted by Gasteiger charge is 2.36. The maximum atomic E-state index is 13.3. The fraction of sp³-hybridized carbons (Fsp3) is 0.333. The zero-order chi connectivity index (χ0) is 18.9. The first-order valence-corrected chi connectivity index (χ1v) is 9.58. The molecule has 26 heavy (non-hydrogen) atoms. The molecule has 0 unspecified atom stereocenters. The SMILES string of the molecule is C=CCSc1nc2c(c(=O)n1CC=C)C(C)(C)Cc1cc(OC)ccc1-2. The van der Waals surface area contributed by atoms with Crippen LogP contribution < -0.4 is 10.3 Å². The third-order valence-corrected chi connectivity index (χ3v) is 5.63. The molecule has 5 heteroatoms. The van der Waals surface area contributed by atoms with Gasteiger partial charge in [0.2, 0.25) is 0 Å². The summed E-state index contributed by atoms with van der Waals surface area (Å²) in [4.78, 5) is 18.3. The van der Waals surface area contributed by atoms with E-state index < -0.39 is 0 Å². The van der Waals surface area contributed by atoms with Crippen LogP contribution in [0.3, 0.4) is 0 Å². The van der Waals surface area contributed by atoms with Crippen molar-refractivity contribution in [2.24, 2.45) is 0 Å². The first kappa shape index (κ1) is 18.5. The van der Waals surface area contributed by atoms with Crippen LogP contribution in [0, 0.1) is 0 Å². The second-order valence-electron chi connectivity index (χ2n) is 7.01. The molecule has 0 saturated carbocycles. The normalized spacial score (nSPS) is 14.3. The molecule has 0 N–H and O–H groups in total. The smallest absolute Gasteiger partial charge is 0.258 e. The van der Waals surface area contributed by atoms with E-state index in [9.17, 15) is 4.79 Å². The number of allylic oxidation sites excluding steroid dienone is 1. The van der Waals surface area contributed by atoms with Gasteiger partial charge in [0.15, 0.2) is 5.16 Å². The van der Waals surface area contributed by atoms with Gasteiger partial charge >= 0.3 is 0 Å². The van der Waals surface area contributed by atoms with Gasteiger partial charge in [-0.2, -0.15) is 0 Å². The average Bonchev–Trinajstić information content (AvgIpc) is 2.61. The van der Waals surface area contributed by atoms with Gasteiger partial charge in [-0.05, 0) is 30.2 Å². The van der Waals surface area contributed by atoms with E-state index in [0.29, 0.717) is 17.5 Å². The number of ether oxygens (including phenoxy) is 1. The standard InChI is InChI=1S/C21H24N2O2S/c1-6-10-23-19(24)17-18(22-20(23)26-11-7-2)16-9-8-15(25-5)12-14(16)13-21(17,3)4/h6-9,12H,1-2,10-11,13H2,3-5H3. The second kappa shape index (κ2) is 7.16. The number of methoxy groups -OCH3 is 1. The van der Waals surface area contributed by atoms with Crippen molar-refractivity contribution >= 4 is 11.8 Å². The lowest BCUT2D eigenvalue weighted by molar-refractivity contribution is 0.413. The third kappa shape index (κ3) is 3.12. The van der Waals surface area contributed by atoms with Crippen molar-refractivity contribution in [3.8, 4) is 17.0 Å². The van der Waals surface area contributed by atoms with Gasteiger partial charge in [-0.3, -0.25) is 9.36 Å². The maximum absolute atomic E-state index is 13.3. The summed E-state index contributed by atoms with van der Waals surface area (Å²) in [6.45, 7) is 12.2. The predicted octanol–water partition coefficient (Wildman–Crippen LogP) is 4.22. The first-order chi connectivity index (χ1) is 12.4. The Morgan fingerprint density at radius 3 is 2.77 bits per heavy atom. The Hall–Kier alpha value is -2.27. The number of hydrogen-bond donors (Lipinski definition) is 0. The Balaban J connectivity index is 2.30. The highest BCUT2D eigenvalue weighted by atomic mass is 32.2. The highest BCUT2D eigenvalue weighted by molar-refractivity contribution is 7.99. The largest absolute Gasteiger partial charge is 0.497 e. The summed E-state index contributed by atoms with van der Waals surface area (Å²) >= 11 is 1.52. The van der Waals surface area contributed by atoms with Crippen LogP contribution in [0.25, 0.3) is 11.3 Å². The lowest BCUT2D eigenvalue weighted by atomic mass is 9.72. The average molecular weight is 369 g/mol. The monoisotopic (exact) mass is 368 g/mol. The molecule has 0 aliphatic heterocycles. The van der Waals surface area contributed by atoms with Gasteiger partial charge in [0.25, 0.3) is 5.56 Å². The molecule has 1 aromatic heterocycles. The molecule has 2 aromatic rings. The summed E-state index contributed by atoms with van der Waals surface area (Å²) in [5.74, 6) is 1.52. The molecule has 3 rings (SSSR count). The molecule has 1 aliphatic carbocycles. The maximum Gasteiger partial charge on any atom is 0.258 e. The number of fused-ring (bicyclic) bond motifs is 3. The quantitative estimate of drug-likeness (QED) is 0.435. The van der Waals surface area contributed by atoms with Gasteiger partial charge in [0, 0.05) is 28.8 Å². The topological polar surface area (TPSA) is 44.1 Å². The molecule has 0 spiro atoms. The number of rotatable bonds is 6. The van der Waals surface area contributed by atoms with E-state index in [2.05, 4.69) is 27.0 Å². The van der Waals surface area contributed by atoms with Gasteiger partial charge in [-0.15, -0.1) is 13.2 Å².